The lowest BCUT2D eigenvalue weighted by Gasteiger charge is -2.32. The number of carbonyl (C=O) groups excluding carboxylic acids is 3. The smallest absolute Gasteiger partial charge is 0.258 e. The molecule has 0 bridgehead atoms. The number of benzene rings is 4. The zero-order valence-electron chi connectivity index (χ0n) is 24.5. The van der Waals surface area contributed by atoms with Gasteiger partial charge in [-0.15, -0.1) is 0 Å². The molecule has 216 valence electrons. The van der Waals surface area contributed by atoms with Crippen LogP contribution in [0.2, 0.25) is 0 Å². The summed E-state index contributed by atoms with van der Waals surface area (Å²) < 4.78 is 0. The first-order valence-electron chi connectivity index (χ1n) is 15.0. The van der Waals surface area contributed by atoms with Crippen LogP contribution in [-0.2, 0) is 22.6 Å². The quantitative estimate of drug-likeness (QED) is 0.191. The maximum atomic E-state index is 14.0. The molecule has 0 saturated carbocycles. The minimum atomic E-state index is -0.650. The summed E-state index contributed by atoms with van der Waals surface area (Å²) in [5, 5.41) is 5.10. The second-order valence-corrected chi connectivity index (χ2v) is 11.0. The summed E-state index contributed by atoms with van der Waals surface area (Å²) in [5.74, 6) is -0.249. The molecule has 1 atom stereocenters. The third kappa shape index (κ3) is 6.38. The average molecular weight is 562 g/mol. The van der Waals surface area contributed by atoms with Gasteiger partial charge in [0.25, 0.3) is 5.91 Å². The predicted molar refractivity (Wildman–Crippen MR) is 168 cm³/mol. The molecular weight excluding hydrogens is 522 g/mol. The highest BCUT2D eigenvalue weighted by molar-refractivity contribution is 6.25. The molecule has 4 aromatic rings. The van der Waals surface area contributed by atoms with Crippen LogP contribution in [0.25, 0.3) is 10.8 Å². The molecule has 42 heavy (non-hydrogen) atoms. The zero-order valence-corrected chi connectivity index (χ0v) is 24.5. The van der Waals surface area contributed by atoms with Gasteiger partial charge in [0.15, 0.2) is 0 Å². The van der Waals surface area contributed by atoms with Crippen LogP contribution in [0.4, 0.5) is 5.69 Å². The van der Waals surface area contributed by atoms with E-state index >= 15 is 0 Å². The Kier molecular flexibility index (Phi) is 9.32. The zero-order chi connectivity index (χ0) is 29.5. The van der Waals surface area contributed by atoms with Gasteiger partial charge in [-0.1, -0.05) is 92.2 Å². The molecule has 6 nitrogen and oxygen atoms in total. The van der Waals surface area contributed by atoms with Gasteiger partial charge in [-0.3, -0.25) is 14.4 Å². The van der Waals surface area contributed by atoms with Gasteiger partial charge < -0.3 is 15.1 Å². The van der Waals surface area contributed by atoms with E-state index in [4.69, 9.17) is 0 Å². The summed E-state index contributed by atoms with van der Waals surface area (Å²) in [6, 6.07) is 29.0. The Morgan fingerprint density at radius 1 is 0.881 bits per heavy atom. The van der Waals surface area contributed by atoms with E-state index in [2.05, 4.69) is 12.2 Å². The Balaban J connectivity index is 1.37. The number of nitrogens with zero attached hydrogens (tertiary/aromatic N) is 2. The van der Waals surface area contributed by atoms with Crippen LogP contribution in [0.1, 0.15) is 59.7 Å². The lowest BCUT2D eigenvalue weighted by atomic mass is 10.0. The minimum Gasteiger partial charge on any atom is -0.354 e. The molecule has 1 aliphatic rings. The van der Waals surface area contributed by atoms with E-state index < -0.39 is 6.04 Å². The number of unbranched alkanes of at least 4 members (excludes halogenated alkanes) is 1. The van der Waals surface area contributed by atoms with Crippen molar-refractivity contribution < 1.29 is 14.4 Å². The first-order chi connectivity index (χ1) is 20.5. The van der Waals surface area contributed by atoms with Crippen molar-refractivity contribution in [1.29, 1.82) is 0 Å². The molecule has 1 N–H and O–H groups in total. The number of hydrogen-bond acceptors (Lipinski definition) is 3. The van der Waals surface area contributed by atoms with E-state index in [1.807, 2.05) is 97.9 Å². The number of anilines is 1. The lowest BCUT2D eigenvalue weighted by Crippen LogP contribution is -2.50. The molecular formula is C36H39N3O3. The Hall–Kier alpha value is -4.45. The summed E-state index contributed by atoms with van der Waals surface area (Å²) in [7, 11) is 0. The van der Waals surface area contributed by atoms with Gasteiger partial charge in [0, 0.05) is 43.4 Å². The average Bonchev–Trinajstić information content (AvgIpc) is 3.28. The highest BCUT2D eigenvalue weighted by Gasteiger charge is 2.32. The highest BCUT2D eigenvalue weighted by atomic mass is 16.2. The first-order valence-corrected chi connectivity index (χ1v) is 15.0. The topological polar surface area (TPSA) is 69.7 Å². The van der Waals surface area contributed by atoms with Gasteiger partial charge >= 0.3 is 0 Å². The summed E-state index contributed by atoms with van der Waals surface area (Å²) in [5.41, 5.74) is 4.71. The van der Waals surface area contributed by atoms with Crippen molar-refractivity contribution >= 4 is 34.2 Å². The first kappa shape index (κ1) is 29.1. The molecule has 0 spiro atoms. The molecule has 0 aromatic heterocycles. The van der Waals surface area contributed by atoms with Crippen molar-refractivity contribution in [1.82, 2.24) is 10.2 Å². The fourth-order valence-electron chi connectivity index (χ4n) is 5.76. The number of hydrogen-bond donors (Lipinski definition) is 1. The summed E-state index contributed by atoms with van der Waals surface area (Å²) in [4.78, 5) is 44.5. The largest absolute Gasteiger partial charge is 0.354 e. The molecule has 0 radical (unpaired) electrons. The minimum absolute atomic E-state index is 0.0247. The standard InChI is InChI=1S/C36H39N3O3/c1-3-4-22-37-35(41)32(24-27-14-6-5-7-15-27)39(25-29-16-9-8-13-26(29)2)33(40)21-12-23-38-31-20-11-18-28-17-10-19-30(34(28)31)36(38)42/h5-11,13-20,32H,3-4,12,21-25H2,1-2H3,(H,37,41)/t32-/m0/s1. The monoisotopic (exact) mass is 561 g/mol. The van der Waals surface area contributed by atoms with Gasteiger partial charge in [0.1, 0.15) is 6.04 Å². The van der Waals surface area contributed by atoms with Gasteiger partial charge in [0.05, 0.1) is 5.69 Å². The third-order valence-electron chi connectivity index (χ3n) is 8.12. The van der Waals surface area contributed by atoms with Crippen LogP contribution in [0.5, 0.6) is 0 Å². The molecule has 0 unspecified atom stereocenters. The summed E-state index contributed by atoms with van der Waals surface area (Å²) in [6.45, 7) is 5.48. The van der Waals surface area contributed by atoms with Gasteiger partial charge in [-0.2, -0.15) is 0 Å². The molecule has 5 rings (SSSR count). The maximum absolute atomic E-state index is 14.0. The van der Waals surface area contributed by atoms with Crippen LogP contribution in [-0.4, -0.2) is 41.8 Å². The molecule has 4 aromatic carbocycles. The molecule has 3 amide bonds. The predicted octanol–water partition coefficient (Wildman–Crippen LogP) is 6.45. The number of nitrogens with one attached hydrogen (secondary N) is 1. The Morgan fingerprint density at radius 2 is 1.62 bits per heavy atom. The fraction of sp³-hybridized carbons (Fsp3) is 0.306. The van der Waals surface area contributed by atoms with Crippen LogP contribution in [0.15, 0.2) is 91.0 Å². The van der Waals surface area contributed by atoms with E-state index in [9.17, 15) is 14.4 Å². The second kappa shape index (κ2) is 13.5. The van der Waals surface area contributed by atoms with Crippen LogP contribution in [0.3, 0.4) is 0 Å². The van der Waals surface area contributed by atoms with E-state index in [-0.39, 0.29) is 24.1 Å². The number of aryl methyl sites for hydroxylation is 1. The molecule has 6 heteroatoms. The van der Waals surface area contributed by atoms with E-state index in [1.54, 1.807) is 9.80 Å². The van der Waals surface area contributed by atoms with E-state index in [1.165, 1.54) is 0 Å². The van der Waals surface area contributed by atoms with Crippen LogP contribution in [0, 0.1) is 6.92 Å². The Bertz CT molecular complexity index is 1560. The van der Waals surface area contributed by atoms with Crippen molar-refractivity contribution in [2.75, 3.05) is 18.0 Å². The Labute approximate surface area is 248 Å². The van der Waals surface area contributed by atoms with Crippen LogP contribution >= 0.6 is 0 Å². The third-order valence-corrected chi connectivity index (χ3v) is 8.12. The highest BCUT2D eigenvalue weighted by Crippen LogP contribution is 2.37. The SMILES string of the molecule is CCCCNC(=O)[C@H](Cc1ccccc1)N(Cc1ccccc1C)C(=O)CCCN1C(=O)c2cccc3cccc1c23. The number of rotatable bonds is 13. The molecule has 1 aliphatic heterocycles. The van der Waals surface area contributed by atoms with Crippen molar-refractivity contribution in [3.8, 4) is 0 Å². The second-order valence-electron chi connectivity index (χ2n) is 11.0. The maximum Gasteiger partial charge on any atom is 0.258 e. The Morgan fingerprint density at radius 3 is 2.38 bits per heavy atom. The van der Waals surface area contributed by atoms with E-state index in [0.29, 0.717) is 38.0 Å². The molecule has 0 fully saturated rings. The number of carbonyl (C=O) groups is 3. The van der Waals surface area contributed by atoms with Crippen molar-refractivity contribution in [2.45, 2.75) is 58.5 Å². The van der Waals surface area contributed by atoms with Crippen molar-refractivity contribution in [2.24, 2.45) is 0 Å². The van der Waals surface area contributed by atoms with Crippen LogP contribution < -0.4 is 10.2 Å². The van der Waals surface area contributed by atoms with Gasteiger partial charge in [0.2, 0.25) is 11.8 Å². The normalized spacial score (nSPS) is 12.9. The summed E-state index contributed by atoms with van der Waals surface area (Å²) in [6.07, 6.45) is 3.01. The van der Waals surface area contributed by atoms with Crippen molar-refractivity contribution in [3.05, 3.63) is 113 Å². The molecule has 0 aliphatic carbocycles. The van der Waals surface area contributed by atoms with Gasteiger partial charge in [-0.05, 0) is 54.0 Å². The number of amides is 3. The fourth-order valence-corrected chi connectivity index (χ4v) is 5.76. The van der Waals surface area contributed by atoms with Crippen molar-refractivity contribution in [3.63, 3.8) is 0 Å². The lowest BCUT2D eigenvalue weighted by molar-refractivity contribution is -0.141. The van der Waals surface area contributed by atoms with E-state index in [0.717, 1.165) is 46.0 Å². The molecule has 0 saturated heterocycles. The molecule has 1 heterocycles. The summed E-state index contributed by atoms with van der Waals surface area (Å²) >= 11 is 0. The van der Waals surface area contributed by atoms with Gasteiger partial charge in [-0.25, -0.2) is 0 Å².